The van der Waals surface area contributed by atoms with Crippen LogP contribution >= 0.6 is 0 Å². The standard InChI is InChI=1S/C21H23NO4S/c1-5-18(20(23)26-21(2,3)4)19(16-12-8-6-9-13-16)22-27(24,25)17-14-10-7-11-15-17/h6-15,19,22H,1H2,2-4H3. The van der Waals surface area contributed by atoms with Crippen molar-refractivity contribution in [2.75, 3.05) is 0 Å². The third-order valence-electron chi connectivity index (χ3n) is 3.56. The van der Waals surface area contributed by atoms with Crippen molar-refractivity contribution in [3.05, 3.63) is 84.1 Å². The van der Waals surface area contributed by atoms with Gasteiger partial charge in [-0.05, 0) is 38.5 Å². The van der Waals surface area contributed by atoms with Crippen molar-refractivity contribution < 1.29 is 17.9 Å². The molecule has 0 fully saturated rings. The molecule has 0 heterocycles. The minimum atomic E-state index is -3.89. The number of hydrogen-bond donors (Lipinski definition) is 1. The minimum Gasteiger partial charge on any atom is -0.456 e. The highest BCUT2D eigenvalue weighted by atomic mass is 32.2. The Bertz CT molecular complexity index is 939. The van der Waals surface area contributed by atoms with E-state index in [1.807, 2.05) is 0 Å². The Balaban J connectivity index is 2.47. The van der Waals surface area contributed by atoms with Crippen LogP contribution in [0.1, 0.15) is 32.4 Å². The van der Waals surface area contributed by atoms with Gasteiger partial charge in [-0.25, -0.2) is 13.2 Å². The van der Waals surface area contributed by atoms with Crippen LogP contribution in [0.3, 0.4) is 0 Å². The molecule has 0 bridgehead atoms. The summed E-state index contributed by atoms with van der Waals surface area (Å²) in [6.07, 6.45) is 0. The van der Waals surface area contributed by atoms with Crippen molar-refractivity contribution in [1.82, 2.24) is 4.72 Å². The number of rotatable bonds is 6. The number of carbonyl (C=O) groups excluding carboxylic acids is 1. The summed E-state index contributed by atoms with van der Waals surface area (Å²) in [6.45, 7) is 8.76. The van der Waals surface area contributed by atoms with E-state index in [2.05, 4.69) is 17.0 Å². The highest BCUT2D eigenvalue weighted by Gasteiger charge is 2.31. The molecule has 0 aromatic heterocycles. The molecule has 0 saturated heterocycles. The molecule has 0 radical (unpaired) electrons. The number of nitrogens with one attached hydrogen (secondary N) is 1. The van der Waals surface area contributed by atoms with Gasteiger partial charge in [-0.3, -0.25) is 0 Å². The first-order chi connectivity index (χ1) is 12.6. The van der Waals surface area contributed by atoms with Crippen molar-refractivity contribution in [3.63, 3.8) is 0 Å². The van der Waals surface area contributed by atoms with Crippen LogP contribution in [0.25, 0.3) is 0 Å². The second kappa shape index (κ2) is 8.35. The van der Waals surface area contributed by atoms with Crippen molar-refractivity contribution in [2.45, 2.75) is 37.3 Å². The first-order valence-electron chi connectivity index (χ1n) is 8.39. The second-order valence-electron chi connectivity index (χ2n) is 6.87. The fourth-order valence-electron chi connectivity index (χ4n) is 2.39. The highest BCUT2D eigenvalue weighted by molar-refractivity contribution is 7.89. The summed E-state index contributed by atoms with van der Waals surface area (Å²) in [6, 6.07) is 15.7. The van der Waals surface area contributed by atoms with Gasteiger partial charge in [-0.1, -0.05) is 55.1 Å². The average molecular weight is 385 g/mol. The van der Waals surface area contributed by atoms with Gasteiger partial charge in [-0.2, -0.15) is 4.72 Å². The fourth-order valence-corrected chi connectivity index (χ4v) is 3.60. The Hall–Kier alpha value is -2.66. The molecule has 0 aliphatic carbocycles. The van der Waals surface area contributed by atoms with Crippen LogP contribution < -0.4 is 4.72 Å². The molecule has 0 saturated carbocycles. The zero-order valence-electron chi connectivity index (χ0n) is 15.6. The van der Waals surface area contributed by atoms with Crippen molar-refractivity contribution in [1.29, 1.82) is 0 Å². The van der Waals surface area contributed by atoms with E-state index in [0.717, 1.165) is 0 Å². The minimum absolute atomic E-state index is 0.00405. The zero-order valence-corrected chi connectivity index (χ0v) is 16.4. The van der Waals surface area contributed by atoms with Gasteiger partial charge in [-0.15, -0.1) is 5.73 Å². The van der Waals surface area contributed by atoms with E-state index in [4.69, 9.17) is 4.74 Å². The van der Waals surface area contributed by atoms with Crippen LogP contribution in [0.5, 0.6) is 0 Å². The van der Waals surface area contributed by atoms with Crippen molar-refractivity contribution >= 4 is 16.0 Å². The number of carbonyl (C=O) groups is 1. The Labute approximate surface area is 160 Å². The van der Waals surface area contributed by atoms with Crippen LogP contribution in [0.4, 0.5) is 0 Å². The highest BCUT2D eigenvalue weighted by Crippen LogP contribution is 2.26. The monoisotopic (exact) mass is 385 g/mol. The summed E-state index contributed by atoms with van der Waals surface area (Å²) < 4.78 is 33.6. The maximum Gasteiger partial charge on any atom is 0.344 e. The molecule has 5 nitrogen and oxygen atoms in total. The average Bonchev–Trinajstić information content (AvgIpc) is 2.61. The molecule has 1 atom stereocenters. The quantitative estimate of drug-likeness (QED) is 0.467. The molecule has 0 aliphatic heterocycles. The molecule has 27 heavy (non-hydrogen) atoms. The van der Waals surface area contributed by atoms with Crippen LogP contribution in [-0.2, 0) is 19.6 Å². The van der Waals surface area contributed by atoms with Gasteiger partial charge in [0, 0.05) is 0 Å². The predicted octanol–water partition coefficient (Wildman–Crippen LogP) is 3.76. The smallest absolute Gasteiger partial charge is 0.344 e. The fraction of sp³-hybridized carbons (Fsp3) is 0.238. The maximum atomic E-state index is 12.8. The molecule has 1 N–H and O–H groups in total. The van der Waals surface area contributed by atoms with Gasteiger partial charge in [0.15, 0.2) is 0 Å². The van der Waals surface area contributed by atoms with Crippen molar-refractivity contribution in [2.24, 2.45) is 0 Å². The van der Waals surface area contributed by atoms with Crippen LogP contribution in [0.2, 0.25) is 0 Å². The summed E-state index contributed by atoms with van der Waals surface area (Å²) in [4.78, 5) is 12.7. The summed E-state index contributed by atoms with van der Waals surface area (Å²) in [5.74, 6) is -0.679. The third-order valence-corrected chi connectivity index (χ3v) is 5.00. The molecule has 0 aliphatic rings. The number of esters is 1. The number of benzene rings is 2. The van der Waals surface area contributed by atoms with Gasteiger partial charge >= 0.3 is 5.97 Å². The largest absolute Gasteiger partial charge is 0.456 e. The van der Waals surface area contributed by atoms with Gasteiger partial charge in [0.2, 0.25) is 10.0 Å². The molecule has 1 unspecified atom stereocenters. The summed E-state index contributed by atoms with van der Waals surface area (Å²) >= 11 is 0. The summed E-state index contributed by atoms with van der Waals surface area (Å²) in [5, 5.41) is 0. The number of sulfonamides is 1. The first-order valence-corrected chi connectivity index (χ1v) is 9.88. The van der Waals surface area contributed by atoms with E-state index < -0.39 is 27.6 Å². The van der Waals surface area contributed by atoms with E-state index in [9.17, 15) is 13.2 Å². The second-order valence-corrected chi connectivity index (χ2v) is 8.58. The molecule has 2 rings (SSSR count). The Kier molecular flexibility index (Phi) is 6.39. The number of ether oxygens (including phenoxy) is 1. The van der Waals surface area contributed by atoms with Crippen molar-refractivity contribution in [3.8, 4) is 0 Å². The molecule has 142 valence electrons. The molecule has 2 aromatic carbocycles. The molecular formula is C21H23NO4S. The third kappa shape index (κ3) is 5.66. The van der Waals surface area contributed by atoms with Crippen LogP contribution in [0, 0.1) is 0 Å². The molecule has 2 aromatic rings. The van der Waals surface area contributed by atoms with Crippen LogP contribution in [-0.4, -0.2) is 20.0 Å². The predicted molar refractivity (Wildman–Crippen MR) is 104 cm³/mol. The lowest BCUT2D eigenvalue weighted by molar-refractivity contribution is -0.150. The number of hydrogen-bond acceptors (Lipinski definition) is 4. The molecule has 6 heteroatoms. The van der Waals surface area contributed by atoms with E-state index in [-0.39, 0.29) is 10.5 Å². The maximum absolute atomic E-state index is 12.8. The SMILES string of the molecule is C=C=C(C(=O)OC(C)(C)C)C(NS(=O)(=O)c1ccccc1)c1ccccc1. The Morgan fingerprint density at radius 1 is 1.04 bits per heavy atom. The first kappa shape index (κ1) is 20.6. The lowest BCUT2D eigenvalue weighted by atomic mass is 10.00. The molecular weight excluding hydrogens is 362 g/mol. The summed E-state index contributed by atoms with van der Waals surface area (Å²) in [5.41, 5.74) is 2.40. The molecule has 0 spiro atoms. The van der Waals surface area contributed by atoms with E-state index in [0.29, 0.717) is 5.56 Å². The van der Waals surface area contributed by atoms with Gasteiger partial charge < -0.3 is 4.74 Å². The Morgan fingerprint density at radius 3 is 2.04 bits per heavy atom. The normalized spacial score (nSPS) is 12.7. The van der Waals surface area contributed by atoms with Gasteiger partial charge in [0.1, 0.15) is 11.2 Å². The topological polar surface area (TPSA) is 72.5 Å². The molecule has 0 amide bonds. The van der Waals surface area contributed by atoms with Gasteiger partial charge in [0.05, 0.1) is 10.9 Å². The zero-order chi connectivity index (χ0) is 20.1. The lowest BCUT2D eigenvalue weighted by Gasteiger charge is -2.24. The van der Waals surface area contributed by atoms with E-state index in [1.54, 1.807) is 69.3 Å². The van der Waals surface area contributed by atoms with Gasteiger partial charge in [0.25, 0.3) is 0 Å². The lowest BCUT2D eigenvalue weighted by Crippen LogP contribution is -2.34. The summed E-state index contributed by atoms with van der Waals surface area (Å²) in [7, 11) is -3.89. The van der Waals surface area contributed by atoms with E-state index in [1.165, 1.54) is 12.1 Å². The Morgan fingerprint density at radius 2 is 1.56 bits per heavy atom. The van der Waals surface area contributed by atoms with Crippen LogP contribution in [0.15, 0.2) is 83.4 Å². The van der Waals surface area contributed by atoms with E-state index >= 15 is 0 Å².